The molecule has 88 valence electrons. The molecular formula is C3H10MgN7O4P. The Balaban J connectivity index is -0.000000214. The molecule has 0 amide bonds. The van der Waals surface area contributed by atoms with Crippen molar-refractivity contribution in [3.63, 3.8) is 0 Å². The standard InChI is InChI=1S/C3H6N6.Mg.H3N.H3O4P/c4-1-7-2(5)9-3(6)8-1;;;1-5(2,3)4/h(H6,4,5,6,7,8,9);;1H3;(H3,1,2,3,4)/q;+2;;/p-2. The van der Waals surface area contributed by atoms with Gasteiger partial charge < -0.3 is 42.6 Å². The maximum atomic E-state index is 8.66. The fourth-order valence-corrected chi connectivity index (χ4v) is 0.427. The molecule has 0 atom stereocenters. The summed E-state index contributed by atoms with van der Waals surface area (Å²) in [6, 6.07) is 0. The van der Waals surface area contributed by atoms with Crippen molar-refractivity contribution in [1.29, 1.82) is 0 Å². The van der Waals surface area contributed by atoms with Gasteiger partial charge >= 0.3 is 23.1 Å². The summed E-state index contributed by atoms with van der Waals surface area (Å²) in [7, 11) is -5.14. The summed E-state index contributed by atoms with van der Waals surface area (Å²) >= 11 is 0. The van der Waals surface area contributed by atoms with Gasteiger partial charge in [0, 0.05) is 0 Å². The number of anilines is 3. The third kappa shape index (κ3) is 15.7. The van der Waals surface area contributed by atoms with Gasteiger partial charge in [-0.15, -0.1) is 0 Å². The van der Waals surface area contributed by atoms with E-state index in [0.717, 1.165) is 0 Å². The van der Waals surface area contributed by atoms with Crippen LogP contribution >= 0.6 is 7.82 Å². The number of rotatable bonds is 0. The Morgan fingerprint density at radius 3 is 1.25 bits per heavy atom. The van der Waals surface area contributed by atoms with Gasteiger partial charge in [0.15, 0.2) is 0 Å². The molecule has 0 unspecified atom stereocenters. The number of aromatic nitrogens is 3. The second-order valence-corrected chi connectivity index (χ2v) is 2.82. The number of nitrogens with two attached hydrogens (primary N) is 3. The molecule has 13 heteroatoms. The second-order valence-electron chi connectivity index (χ2n) is 1.88. The molecule has 0 spiro atoms. The molecular weight excluding hydrogens is 253 g/mol. The van der Waals surface area contributed by atoms with Gasteiger partial charge in [-0.25, -0.2) is 0 Å². The average Bonchev–Trinajstić information content (AvgIpc) is 1.77. The van der Waals surface area contributed by atoms with Gasteiger partial charge in [-0.1, -0.05) is 0 Å². The van der Waals surface area contributed by atoms with E-state index in [4.69, 9.17) is 36.4 Å². The summed E-state index contributed by atoms with van der Waals surface area (Å²) in [5.74, 6) is 0.125. The van der Waals surface area contributed by atoms with E-state index in [1.165, 1.54) is 0 Å². The zero-order valence-corrected chi connectivity index (χ0v) is 10.4. The van der Waals surface area contributed by atoms with Crippen molar-refractivity contribution >= 4 is 48.7 Å². The van der Waals surface area contributed by atoms with Crippen LogP contribution in [-0.2, 0) is 4.57 Å². The van der Waals surface area contributed by atoms with Crippen LogP contribution in [0.15, 0.2) is 0 Å². The van der Waals surface area contributed by atoms with Crippen molar-refractivity contribution in [3.05, 3.63) is 0 Å². The molecule has 1 heterocycles. The molecule has 0 aliphatic heterocycles. The molecule has 0 bridgehead atoms. The van der Waals surface area contributed by atoms with Crippen LogP contribution in [0, 0.1) is 0 Å². The van der Waals surface area contributed by atoms with Crippen molar-refractivity contribution in [2.24, 2.45) is 0 Å². The molecule has 0 radical (unpaired) electrons. The first-order valence-corrected chi connectivity index (χ1v) is 4.45. The van der Waals surface area contributed by atoms with Crippen molar-refractivity contribution in [3.8, 4) is 0 Å². The van der Waals surface area contributed by atoms with E-state index in [2.05, 4.69) is 15.0 Å². The quantitative estimate of drug-likeness (QED) is 0.224. The van der Waals surface area contributed by atoms with Crippen molar-refractivity contribution in [1.82, 2.24) is 21.1 Å². The van der Waals surface area contributed by atoms with Gasteiger partial charge in [-0.05, 0) is 0 Å². The van der Waals surface area contributed by atoms with Gasteiger partial charge in [0.1, 0.15) is 0 Å². The van der Waals surface area contributed by atoms with Gasteiger partial charge in [-0.2, -0.15) is 15.0 Å². The molecule has 10 N–H and O–H groups in total. The van der Waals surface area contributed by atoms with E-state index in [1.54, 1.807) is 0 Å². The van der Waals surface area contributed by atoms with E-state index < -0.39 is 7.82 Å². The molecule has 1 aromatic heterocycles. The third-order valence-corrected chi connectivity index (χ3v) is 0.687. The smallest absolute Gasteiger partial charge is 0.790 e. The Hall–Kier alpha value is -0.754. The fourth-order valence-electron chi connectivity index (χ4n) is 0.427. The zero-order valence-electron chi connectivity index (χ0n) is 8.11. The van der Waals surface area contributed by atoms with Gasteiger partial charge in [0.2, 0.25) is 17.8 Å². The summed E-state index contributed by atoms with van der Waals surface area (Å²) in [6.45, 7) is 0. The molecule has 0 aromatic carbocycles. The number of hydrogen-bond acceptors (Lipinski definition) is 10. The largest absolute Gasteiger partial charge is 2.00 e. The maximum absolute atomic E-state index is 8.66. The summed E-state index contributed by atoms with van der Waals surface area (Å²) in [5.41, 5.74) is 15.4. The maximum Gasteiger partial charge on any atom is 2.00 e. The van der Waals surface area contributed by atoms with Crippen LogP contribution in [0.4, 0.5) is 17.8 Å². The summed E-state index contributed by atoms with van der Waals surface area (Å²) in [6.07, 6.45) is 0. The first kappa shape index (κ1) is 20.6. The summed E-state index contributed by atoms with van der Waals surface area (Å²) < 4.78 is 8.66. The molecule has 0 aliphatic carbocycles. The molecule has 1 aromatic rings. The third-order valence-electron chi connectivity index (χ3n) is 0.687. The minimum atomic E-state index is -5.14. The van der Waals surface area contributed by atoms with Crippen LogP contribution in [0.5, 0.6) is 0 Å². The van der Waals surface area contributed by atoms with Crippen molar-refractivity contribution in [2.45, 2.75) is 0 Å². The average molecular weight is 263 g/mol. The molecule has 0 saturated heterocycles. The van der Waals surface area contributed by atoms with Crippen LogP contribution in [-0.4, -0.2) is 42.9 Å². The van der Waals surface area contributed by atoms with Gasteiger partial charge in [0.05, 0.1) is 7.82 Å². The van der Waals surface area contributed by atoms with Crippen molar-refractivity contribution < 1.29 is 19.2 Å². The van der Waals surface area contributed by atoms with E-state index in [9.17, 15) is 0 Å². The molecule has 0 aliphatic rings. The summed E-state index contributed by atoms with van der Waals surface area (Å²) in [5, 5.41) is 0. The van der Waals surface area contributed by atoms with Crippen LogP contribution in [0.25, 0.3) is 0 Å². The van der Waals surface area contributed by atoms with Crippen LogP contribution in [0.2, 0.25) is 0 Å². The SMILES string of the molecule is N.Nc1nc(N)nc(N)n1.O=P([O-])([O-])O.[Mg+2]. The topological polar surface area (TPSA) is 235 Å². The number of hydrogen-bond donors (Lipinski definition) is 5. The fraction of sp³-hybridized carbons (Fsp3) is 0. The molecule has 0 fully saturated rings. The van der Waals surface area contributed by atoms with E-state index in [-0.39, 0.29) is 47.0 Å². The Bertz CT molecular complexity index is 299. The Morgan fingerprint density at radius 1 is 1.00 bits per heavy atom. The van der Waals surface area contributed by atoms with Gasteiger partial charge in [0.25, 0.3) is 0 Å². The number of nitrogens with zero attached hydrogens (tertiary/aromatic N) is 3. The van der Waals surface area contributed by atoms with Crippen molar-refractivity contribution in [2.75, 3.05) is 17.2 Å². The minimum absolute atomic E-state index is 0. The van der Waals surface area contributed by atoms with Crippen LogP contribution in [0.3, 0.4) is 0 Å². The molecule has 16 heavy (non-hydrogen) atoms. The predicted octanol–water partition coefficient (Wildman–Crippen LogP) is -3.79. The Labute approximate surface area is 106 Å². The first-order chi connectivity index (χ1) is 6.18. The first-order valence-electron chi connectivity index (χ1n) is 2.96. The van der Waals surface area contributed by atoms with Crippen LogP contribution < -0.4 is 33.1 Å². The number of nitrogen functional groups attached to an aromatic ring is 3. The molecule has 11 nitrogen and oxygen atoms in total. The van der Waals surface area contributed by atoms with E-state index in [1.807, 2.05) is 0 Å². The number of phosphoric acid groups is 1. The van der Waals surface area contributed by atoms with Gasteiger partial charge in [-0.3, -0.25) is 0 Å². The molecule has 1 rings (SSSR count). The molecule has 0 saturated carbocycles. The second kappa shape index (κ2) is 8.40. The zero-order chi connectivity index (χ0) is 11.4. The predicted molar refractivity (Wildman–Crippen MR) is 53.7 cm³/mol. The monoisotopic (exact) mass is 263 g/mol. The minimum Gasteiger partial charge on any atom is -0.790 e. The summed E-state index contributed by atoms with van der Waals surface area (Å²) in [4.78, 5) is 34.7. The van der Waals surface area contributed by atoms with Crippen LogP contribution in [0.1, 0.15) is 0 Å². The Morgan fingerprint density at radius 2 is 1.12 bits per heavy atom. The normalized spacial score (nSPS) is 8.94. The van der Waals surface area contributed by atoms with E-state index >= 15 is 0 Å². The Kier molecular flexibility index (Phi) is 10.8. The van der Waals surface area contributed by atoms with E-state index in [0.29, 0.717) is 0 Å².